The molecule has 0 spiro atoms. The van der Waals surface area contributed by atoms with Crippen molar-refractivity contribution in [1.82, 2.24) is 19.3 Å². The van der Waals surface area contributed by atoms with Gasteiger partial charge < -0.3 is 9.30 Å². The van der Waals surface area contributed by atoms with Gasteiger partial charge in [-0.2, -0.15) is 5.10 Å². The van der Waals surface area contributed by atoms with Crippen LogP contribution in [0.3, 0.4) is 0 Å². The Bertz CT molecular complexity index is 1410. The normalized spacial score (nSPS) is 11.1. The zero-order valence-electron chi connectivity index (χ0n) is 17.3. The van der Waals surface area contributed by atoms with Crippen molar-refractivity contribution in [1.29, 1.82) is 0 Å². The summed E-state index contributed by atoms with van der Waals surface area (Å²) in [5.41, 5.74) is 3.75. The fraction of sp³-hybridized carbons (Fsp3) is 0.0800. The Morgan fingerprint density at radius 2 is 1.94 bits per heavy atom. The highest BCUT2D eigenvalue weighted by atomic mass is 35.5. The van der Waals surface area contributed by atoms with Gasteiger partial charge in [0, 0.05) is 46.6 Å². The van der Waals surface area contributed by atoms with E-state index in [0.29, 0.717) is 28.6 Å². The molecular formula is C25H19ClN4O2. The molecule has 0 saturated carbocycles. The Morgan fingerprint density at radius 3 is 2.69 bits per heavy atom. The number of hydrogen-bond acceptors (Lipinski definition) is 4. The van der Waals surface area contributed by atoms with Crippen LogP contribution in [-0.2, 0) is 6.54 Å². The van der Waals surface area contributed by atoms with Gasteiger partial charge in [0.05, 0.1) is 19.0 Å². The zero-order valence-corrected chi connectivity index (χ0v) is 18.0. The summed E-state index contributed by atoms with van der Waals surface area (Å²) in [7, 11) is 1.61. The molecule has 0 fully saturated rings. The highest BCUT2D eigenvalue weighted by molar-refractivity contribution is 6.30. The summed E-state index contributed by atoms with van der Waals surface area (Å²) in [6.07, 6.45) is 7.04. The maximum absolute atomic E-state index is 13.5. The third-order valence-corrected chi connectivity index (χ3v) is 5.58. The van der Waals surface area contributed by atoms with E-state index in [0.717, 1.165) is 22.2 Å². The molecule has 6 nitrogen and oxygen atoms in total. The second-order valence-electron chi connectivity index (χ2n) is 7.37. The maximum atomic E-state index is 13.5. The number of fused-ring (bicyclic) bond motifs is 1. The number of ketones is 1. The highest BCUT2D eigenvalue weighted by Crippen LogP contribution is 2.28. The van der Waals surface area contributed by atoms with Crippen LogP contribution >= 0.6 is 11.6 Å². The first-order chi connectivity index (χ1) is 15.6. The number of carbonyl (C=O) groups excluding carboxylic acids is 1. The van der Waals surface area contributed by atoms with E-state index < -0.39 is 0 Å². The minimum Gasteiger partial charge on any atom is -0.497 e. The smallest absolute Gasteiger partial charge is 0.215 e. The van der Waals surface area contributed by atoms with E-state index in [2.05, 4.69) is 14.6 Å². The van der Waals surface area contributed by atoms with Crippen LogP contribution in [0.5, 0.6) is 5.75 Å². The molecule has 0 saturated heterocycles. The lowest BCUT2D eigenvalue weighted by Crippen LogP contribution is -2.04. The number of aromatic nitrogens is 4. The third kappa shape index (κ3) is 3.76. The van der Waals surface area contributed by atoms with Gasteiger partial charge in [0.25, 0.3) is 0 Å². The molecule has 5 aromatic rings. The molecule has 3 aromatic heterocycles. The van der Waals surface area contributed by atoms with Crippen LogP contribution in [0.4, 0.5) is 0 Å². The Balaban J connectivity index is 1.56. The average molecular weight is 443 g/mol. The quantitative estimate of drug-likeness (QED) is 0.341. The first kappa shape index (κ1) is 20.0. The molecule has 158 valence electrons. The van der Waals surface area contributed by atoms with Crippen LogP contribution < -0.4 is 4.74 Å². The van der Waals surface area contributed by atoms with Crippen LogP contribution in [0.2, 0.25) is 5.02 Å². The molecule has 0 aliphatic rings. The van der Waals surface area contributed by atoms with E-state index in [4.69, 9.17) is 16.3 Å². The Hall–Kier alpha value is -3.90. The molecule has 0 bridgehead atoms. The minimum absolute atomic E-state index is 0.152. The monoisotopic (exact) mass is 442 g/mol. The SMILES string of the molecule is COc1ccc2c(c1)c(C(=O)c1ccn(-c3cccnc3)n1)cn2Cc1ccc(Cl)cc1. The number of halogens is 1. The molecule has 32 heavy (non-hydrogen) atoms. The van der Waals surface area contributed by atoms with E-state index in [1.165, 1.54) is 0 Å². The predicted molar refractivity (Wildman–Crippen MR) is 124 cm³/mol. The maximum Gasteiger partial charge on any atom is 0.215 e. The molecule has 0 N–H and O–H groups in total. The van der Waals surface area contributed by atoms with Gasteiger partial charge in [-0.15, -0.1) is 0 Å². The molecular weight excluding hydrogens is 424 g/mol. The highest BCUT2D eigenvalue weighted by Gasteiger charge is 2.20. The van der Waals surface area contributed by atoms with E-state index in [9.17, 15) is 4.79 Å². The molecule has 0 aliphatic carbocycles. The number of pyridine rings is 1. The Morgan fingerprint density at radius 1 is 1.09 bits per heavy atom. The number of hydrogen-bond donors (Lipinski definition) is 0. The van der Waals surface area contributed by atoms with Gasteiger partial charge in [-0.05, 0) is 54.1 Å². The van der Waals surface area contributed by atoms with Gasteiger partial charge in [0.2, 0.25) is 5.78 Å². The summed E-state index contributed by atoms with van der Waals surface area (Å²) < 4.78 is 9.11. The van der Waals surface area contributed by atoms with Crippen molar-refractivity contribution >= 4 is 28.3 Å². The molecule has 2 aromatic carbocycles. The average Bonchev–Trinajstić information content (AvgIpc) is 3.46. The first-order valence-corrected chi connectivity index (χ1v) is 10.4. The van der Waals surface area contributed by atoms with Crippen LogP contribution in [0, 0.1) is 0 Å². The van der Waals surface area contributed by atoms with Crippen LogP contribution in [0.25, 0.3) is 16.6 Å². The zero-order chi connectivity index (χ0) is 22.1. The van der Waals surface area contributed by atoms with Crippen LogP contribution in [0.15, 0.2) is 85.5 Å². The predicted octanol–water partition coefficient (Wildman–Crippen LogP) is 5.16. The molecule has 5 rings (SSSR count). The van der Waals surface area contributed by atoms with Crippen molar-refractivity contribution in [3.05, 3.63) is 107 Å². The van der Waals surface area contributed by atoms with Crippen LogP contribution in [0.1, 0.15) is 21.6 Å². The summed E-state index contributed by atoms with van der Waals surface area (Å²) >= 11 is 6.02. The van der Waals surface area contributed by atoms with Gasteiger partial charge in [0.15, 0.2) is 0 Å². The van der Waals surface area contributed by atoms with Crippen molar-refractivity contribution in [3.8, 4) is 11.4 Å². The topological polar surface area (TPSA) is 61.9 Å². The summed E-state index contributed by atoms with van der Waals surface area (Å²) in [5, 5.41) is 5.99. The molecule has 0 unspecified atom stereocenters. The van der Waals surface area contributed by atoms with Crippen molar-refractivity contribution < 1.29 is 9.53 Å². The van der Waals surface area contributed by atoms with Gasteiger partial charge in [-0.25, -0.2) is 4.68 Å². The summed E-state index contributed by atoms with van der Waals surface area (Å²) in [4.78, 5) is 17.6. The van der Waals surface area contributed by atoms with Gasteiger partial charge in [-0.1, -0.05) is 23.7 Å². The van der Waals surface area contributed by atoms with Gasteiger partial charge in [-0.3, -0.25) is 9.78 Å². The molecule has 0 atom stereocenters. The minimum atomic E-state index is -0.152. The van der Waals surface area contributed by atoms with Gasteiger partial charge >= 0.3 is 0 Å². The molecule has 3 heterocycles. The number of methoxy groups -OCH3 is 1. The fourth-order valence-corrected chi connectivity index (χ4v) is 3.84. The van der Waals surface area contributed by atoms with Crippen molar-refractivity contribution in [2.75, 3.05) is 7.11 Å². The fourth-order valence-electron chi connectivity index (χ4n) is 3.72. The van der Waals surface area contributed by atoms with E-state index in [1.54, 1.807) is 36.4 Å². The summed E-state index contributed by atoms with van der Waals surface area (Å²) in [6.45, 7) is 0.609. The number of carbonyl (C=O) groups is 1. The number of rotatable bonds is 6. The van der Waals surface area contributed by atoms with Crippen molar-refractivity contribution in [2.24, 2.45) is 0 Å². The van der Waals surface area contributed by atoms with Crippen molar-refractivity contribution in [2.45, 2.75) is 6.54 Å². The molecule has 0 aliphatic heterocycles. The molecule has 0 amide bonds. The summed E-state index contributed by atoms with van der Waals surface area (Å²) in [5.74, 6) is 0.539. The van der Waals surface area contributed by atoms with Gasteiger partial charge in [0.1, 0.15) is 11.4 Å². The second-order valence-corrected chi connectivity index (χ2v) is 7.80. The number of benzene rings is 2. The van der Waals surface area contributed by atoms with E-state index in [1.807, 2.05) is 60.8 Å². The second kappa shape index (κ2) is 8.32. The molecule has 7 heteroatoms. The molecule has 0 radical (unpaired) electrons. The number of ether oxygens (including phenoxy) is 1. The van der Waals surface area contributed by atoms with E-state index >= 15 is 0 Å². The lowest BCUT2D eigenvalue weighted by Gasteiger charge is -2.06. The lowest BCUT2D eigenvalue weighted by molar-refractivity contribution is 0.103. The first-order valence-electron chi connectivity index (χ1n) is 10.0. The third-order valence-electron chi connectivity index (χ3n) is 5.33. The Labute approximate surface area is 189 Å². The van der Waals surface area contributed by atoms with Crippen LogP contribution in [-0.4, -0.2) is 32.2 Å². The number of nitrogens with zero attached hydrogens (tertiary/aromatic N) is 4. The lowest BCUT2D eigenvalue weighted by atomic mass is 10.1. The van der Waals surface area contributed by atoms with Crippen molar-refractivity contribution in [3.63, 3.8) is 0 Å². The standard InChI is InChI=1S/C25H19ClN4O2/c1-32-20-8-9-24-21(13-20)22(16-29(24)15-17-4-6-18(26)7-5-17)25(31)23-10-12-30(28-23)19-3-2-11-27-14-19/h2-14,16H,15H2,1H3. The Kier molecular flexibility index (Phi) is 5.21. The van der Waals surface area contributed by atoms with E-state index in [-0.39, 0.29) is 5.78 Å². The largest absolute Gasteiger partial charge is 0.497 e. The summed E-state index contributed by atoms with van der Waals surface area (Å²) in [6, 6.07) is 18.9.